The summed E-state index contributed by atoms with van der Waals surface area (Å²) in [6.07, 6.45) is 1.87. The fourth-order valence-corrected chi connectivity index (χ4v) is 2.86. The van der Waals surface area contributed by atoms with E-state index in [2.05, 4.69) is 24.1 Å². The number of amides is 1. The Morgan fingerprint density at radius 1 is 1.00 bits per heavy atom. The number of aromatic carboxylic acids is 1. The second kappa shape index (κ2) is 9.04. The van der Waals surface area contributed by atoms with Gasteiger partial charge in [-0.3, -0.25) is 4.79 Å². The van der Waals surface area contributed by atoms with Gasteiger partial charge >= 0.3 is 5.97 Å². The summed E-state index contributed by atoms with van der Waals surface area (Å²) >= 11 is 0. The molecule has 0 aromatic heterocycles. The van der Waals surface area contributed by atoms with E-state index in [9.17, 15) is 14.7 Å². The number of hydrogen-bond acceptors (Lipinski definition) is 3. The Bertz CT molecular complexity index is 763. The Labute approximate surface area is 154 Å². The van der Waals surface area contributed by atoms with E-state index in [0.717, 1.165) is 31.5 Å². The fourth-order valence-electron chi connectivity index (χ4n) is 2.86. The number of hydrogen-bond donors (Lipinski definition) is 2. The topological polar surface area (TPSA) is 69.6 Å². The third kappa shape index (κ3) is 4.85. The Hall–Kier alpha value is -2.82. The lowest BCUT2D eigenvalue weighted by Gasteiger charge is -2.25. The van der Waals surface area contributed by atoms with Gasteiger partial charge in [0.15, 0.2) is 0 Å². The van der Waals surface area contributed by atoms with Crippen molar-refractivity contribution in [1.82, 2.24) is 0 Å². The minimum atomic E-state index is -0.997. The monoisotopic (exact) mass is 354 g/mol. The normalized spacial score (nSPS) is 10.4. The molecule has 0 saturated heterocycles. The molecule has 0 aliphatic rings. The zero-order chi connectivity index (χ0) is 19.1. The molecule has 138 valence electrons. The summed E-state index contributed by atoms with van der Waals surface area (Å²) in [7, 11) is 0. The smallest absolute Gasteiger partial charge is 0.337 e. The standard InChI is InChI=1S/C21H26N2O3/c1-4-12-23(13-5-2)19-11-10-17(14-18(19)21(25)26)22-20(24)16-8-6-15(3)7-9-16/h6-11,14H,4-5,12-13H2,1-3H3,(H,22,24)(H,25,26). The molecule has 0 fully saturated rings. The third-order valence-corrected chi connectivity index (χ3v) is 4.13. The van der Waals surface area contributed by atoms with Gasteiger partial charge in [0.2, 0.25) is 0 Å². The Morgan fingerprint density at radius 3 is 2.15 bits per heavy atom. The van der Waals surface area contributed by atoms with E-state index in [-0.39, 0.29) is 11.5 Å². The number of carboxylic acid groups (broad SMARTS) is 1. The third-order valence-electron chi connectivity index (χ3n) is 4.13. The summed E-state index contributed by atoms with van der Waals surface area (Å²) in [5.74, 6) is -1.25. The SMILES string of the molecule is CCCN(CCC)c1ccc(NC(=O)c2ccc(C)cc2)cc1C(=O)O. The predicted octanol–water partition coefficient (Wildman–Crippen LogP) is 4.57. The van der Waals surface area contributed by atoms with Gasteiger partial charge in [-0.1, -0.05) is 31.5 Å². The predicted molar refractivity (Wildman–Crippen MR) is 105 cm³/mol. The van der Waals surface area contributed by atoms with Crippen LogP contribution in [0.3, 0.4) is 0 Å². The Kier molecular flexibility index (Phi) is 6.78. The number of anilines is 2. The molecular weight excluding hydrogens is 328 g/mol. The molecule has 0 bridgehead atoms. The number of rotatable bonds is 8. The van der Waals surface area contributed by atoms with Crippen LogP contribution in [0.2, 0.25) is 0 Å². The number of carbonyl (C=O) groups excluding carboxylic acids is 1. The van der Waals surface area contributed by atoms with Crippen molar-refractivity contribution in [2.24, 2.45) is 0 Å². The van der Waals surface area contributed by atoms with Crippen molar-refractivity contribution in [2.75, 3.05) is 23.3 Å². The Balaban J connectivity index is 2.28. The number of carbonyl (C=O) groups is 2. The van der Waals surface area contributed by atoms with Crippen LogP contribution in [-0.2, 0) is 0 Å². The lowest BCUT2D eigenvalue weighted by molar-refractivity contribution is 0.0697. The van der Waals surface area contributed by atoms with Crippen LogP contribution in [0.25, 0.3) is 0 Å². The van der Waals surface area contributed by atoms with E-state index >= 15 is 0 Å². The number of nitrogens with zero attached hydrogens (tertiary/aromatic N) is 1. The summed E-state index contributed by atoms with van der Waals surface area (Å²) < 4.78 is 0. The molecule has 0 atom stereocenters. The van der Waals surface area contributed by atoms with Gasteiger partial charge in [-0.2, -0.15) is 0 Å². The second-order valence-electron chi connectivity index (χ2n) is 6.34. The molecule has 26 heavy (non-hydrogen) atoms. The van der Waals surface area contributed by atoms with Gasteiger partial charge in [0.05, 0.1) is 11.3 Å². The van der Waals surface area contributed by atoms with Gasteiger partial charge in [0.1, 0.15) is 0 Å². The molecule has 5 heteroatoms. The van der Waals surface area contributed by atoms with Crippen LogP contribution in [0.5, 0.6) is 0 Å². The van der Waals surface area contributed by atoms with Crippen molar-refractivity contribution in [1.29, 1.82) is 0 Å². The van der Waals surface area contributed by atoms with E-state index in [1.54, 1.807) is 24.3 Å². The first-order valence-electron chi connectivity index (χ1n) is 8.96. The van der Waals surface area contributed by atoms with Gasteiger partial charge in [-0.25, -0.2) is 4.79 Å². The quantitative estimate of drug-likeness (QED) is 0.728. The molecular formula is C21H26N2O3. The molecule has 2 N–H and O–H groups in total. The van der Waals surface area contributed by atoms with E-state index in [1.165, 1.54) is 6.07 Å². The lowest BCUT2D eigenvalue weighted by atomic mass is 10.1. The van der Waals surface area contributed by atoms with Crippen molar-refractivity contribution in [2.45, 2.75) is 33.6 Å². The highest BCUT2D eigenvalue weighted by Gasteiger charge is 2.17. The molecule has 0 heterocycles. The first-order valence-corrected chi connectivity index (χ1v) is 8.96. The van der Waals surface area contributed by atoms with Crippen LogP contribution in [0.15, 0.2) is 42.5 Å². The van der Waals surface area contributed by atoms with Crippen LogP contribution in [0.1, 0.15) is 53.0 Å². The van der Waals surface area contributed by atoms with Crippen LogP contribution in [0, 0.1) is 6.92 Å². The Morgan fingerprint density at radius 2 is 1.62 bits per heavy atom. The highest BCUT2D eigenvalue weighted by molar-refractivity contribution is 6.05. The molecule has 0 unspecified atom stereocenters. The first kappa shape index (κ1) is 19.5. The average Bonchev–Trinajstić information content (AvgIpc) is 2.62. The highest BCUT2D eigenvalue weighted by atomic mass is 16.4. The largest absolute Gasteiger partial charge is 0.478 e. The molecule has 2 aromatic rings. The molecule has 0 radical (unpaired) electrons. The van der Waals surface area contributed by atoms with Gasteiger partial charge in [0, 0.05) is 24.3 Å². The van der Waals surface area contributed by atoms with E-state index in [1.807, 2.05) is 19.1 Å². The second-order valence-corrected chi connectivity index (χ2v) is 6.34. The number of aryl methyl sites for hydroxylation is 1. The first-order chi connectivity index (χ1) is 12.5. The summed E-state index contributed by atoms with van der Waals surface area (Å²) in [5, 5.41) is 12.4. The zero-order valence-corrected chi connectivity index (χ0v) is 15.6. The summed E-state index contributed by atoms with van der Waals surface area (Å²) in [6, 6.07) is 12.3. The minimum absolute atomic E-state index is 0.202. The molecule has 0 saturated carbocycles. The van der Waals surface area contributed by atoms with Crippen LogP contribution in [0.4, 0.5) is 11.4 Å². The van der Waals surface area contributed by atoms with Crippen molar-refractivity contribution >= 4 is 23.3 Å². The number of nitrogens with one attached hydrogen (secondary N) is 1. The maximum atomic E-state index is 12.4. The van der Waals surface area contributed by atoms with Crippen molar-refractivity contribution in [3.63, 3.8) is 0 Å². The summed E-state index contributed by atoms with van der Waals surface area (Å²) in [4.78, 5) is 26.2. The number of benzene rings is 2. The van der Waals surface area contributed by atoms with Crippen molar-refractivity contribution in [3.8, 4) is 0 Å². The van der Waals surface area contributed by atoms with Crippen LogP contribution in [-0.4, -0.2) is 30.1 Å². The van der Waals surface area contributed by atoms with E-state index < -0.39 is 5.97 Å². The maximum Gasteiger partial charge on any atom is 0.337 e. The molecule has 2 rings (SSSR count). The van der Waals surface area contributed by atoms with Gasteiger partial charge in [0.25, 0.3) is 5.91 Å². The summed E-state index contributed by atoms with van der Waals surface area (Å²) in [6.45, 7) is 7.68. The zero-order valence-electron chi connectivity index (χ0n) is 15.6. The maximum absolute atomic E-state index is 12.4. The van der Waals surface area contributed by atoms with E-state index in [0.29, 0.717) is 16.9 Å². The molecule has 2 aromatic carbocycles. The number of carboxylic acids is 1. The van der Waals surface area contributed by atoms with Crippen molar-refractivity contribution < 1.29 is 14.7 Å². The van der Waals surface area contributed by atoms with Gasteiger partial charge in [-0.15, -0.1) is 0 Å². The fraction of sp³-hybridized carbons (Fsp3) is 0.333. The lowest BCUT2D eigenvalue weighted by Crippen LogP contribution is -2.27. The van der Waals surface area contributed by atoms with Gasteiger partial charge in [-0.05, 0) is 50.1 Å². The summed E-state index contributed by atoms with van der Waals surface area (Å²) in [5.41, 5.74) is 2.98. The minimum Gasteiger partial charge on any atom is -0.478 e. The van der Waals surface area contributed by atoms with Crippen LogP contribution < -0.4 is 10.2 Å². The van der Waals surface area contributed by atoms with Crippen LogP contribution >= 0.6 is 0 Å². The van der Waals surface area contributed by atoms with Crippen molar-refractivity contribution in [3.05, 3.63) is 59.2 Å². The molecule has 5 nitrogen and oxygen atoms in total. The average molecular weight is 354 g/mol. The van der Waals surface area contributed by atoms with Gasteiger partial charge < -0.3 is 15.3 Å². The molecule has 0 spiro atoms. The molecule has 1 amide bonds. The molecule has 0 aliphatic carbocycles. The van der Waals surface area contributed by atoms with E-state index in [4.69, 9.17) is 0 Å². The highest BCUT2D eigenvalue weighted by Crippen LogP contribution is 2.25. The molecule has 0 aliphatic heterocycles.